The Morgan fingerprint density at radius 1 is 0.879 bits per heavy atom. The van der Waals surface area contributed by atoms with Gasteiger partial charge in [0.2, 0.25) is 0 Å². The Bertz CT molecular complexity index is 1290. The van der Waals surface area contributed by atoms with Crippen molar-refractivity contribution >= 4 is 11.6 Å². The van der Waals surface area contributed by atoms with E-state index in [1.165, 1.54) is 27.6 Å². The summed E-state index contributed by atoms with van der Waals surface area (Å²) in [6.07, 6.45) is 5.22. The number of aryl methyl sites for hydroxylation is 1. The number of hydrogen-bond acceptors (Lipinski definition) is 3. The van der Waals surface area contributed by atoms with Gasteiger partial charge in [-0.15, -0.1) is 0 Å². The zero-order valence-corrected chi connectivity index (χ0v) is 18.8. The Morgan fingerprint density at radius 2 is 1.58 bits per heavy atom. The van der Waals surface area contributed by atoms with Crippen molar-refractivity contribution in [3.05, 3.63) is 95.7 Å². The van der Waals surface area contributed by atoms with Crippen LogP contribution in [-0.2, 0) is 0 Å². The lowest BCUT2D eigenvalue weighted by Gasteiger charge is -2.37. The zero-order valence-electron chi connectivity index (χ0n) is 18.8. The number of para-hydroxylation sites is 1. The molecule has 0 N–H and O–H groups in total. The van der Waals surface area contributed by atoms with Gasteiger partial charge < -0.3 is 14.4 Å². The number of amides is 1. The molecule has 4 aromatic rings. The van der Waals surface area contributed by atoms with Crippen molar-refractivity contribution in [1.29, 1.82) is 0 Å². The number of piperazine rings is 1. The lowest BCUT2D eigenvalue weighted by atomic mass is 10.1. The van der Waals surface area contributed by atoms with E-state index in [1.54, 1.807) is 29.0 Å². The fourth-order valence-electron chi connectivity index (χ4n) is 4.42. The summed E-state index contributed by atoms with van der Waals surface area (Å²) < 4.78 is 17.9. The molecule has 0 bridgehead atoms. The molecule has 1 aliphatic heterocycles. The van der Waals surface area contributed by atoms with Gasteiger partial charge in [0.05, 0.1) is 6.20 Å². The predicted octanol–water partition coefficient (Wildman–Crippen LogP) is 4.38. The molecule has 0 saturated carbocycles. The largest absolute Gasteiger partial charge is 0.368 e. The summed E-state index contributed by atoms with van der Waals surface area (Å²) in [6, 6.07) is 16.5. The number of nitrogens with zero attached hydrogens (tertiary/aromatic N) is 5. The van der Waals surface area contributed by atoms with E-state index in [0.717, 1.165) is 13.1 Å². The molecule has 1 fully saturated rings. The maximum Gasteiger partial charge on any atom is 0.259 e. The third-order valence-corrected chi connectivity index (χ3v) is 6.39. The number of hydrogen-bond donors (Lipinski definition) is 0. The molecule has 0 unspecified atom stereocenters. The van der Waals surface area contributed by atoms with Crippen LogP contribution in [0.2, 0.25) is 0 Å². The lowest BCUT2D eigenvalue weighted by molar-refractivity contribution is 0.0746. The summed E-state index contributed by atoms with van der Waals surface area (Å²) in [7, 11) is 0. The molecule has 2 aromatic heterocycles. The molecule has 0 atom stereocenters. The van der Waals surface area contributed by atoms with Gasteiger partial charge in [-0.3, -0.25) is 4.79 Å². The van der Waals surface area contributed by atoms with E-state index in [2.05, 4.69) is 42.0 Å². The normalized spacial score (nSPS) is 14.0. The first-order valence-electron chi connectivity index (χ1n) is 11.1. The number of benzene rings is 2. The van der Waals surface area contributed by atoms with Crippen LogP contribution in [0, 0.1) is 19.7 Å². The summed E-state index contributed by atoms with van der Waals surface area (Å²) in [5, 5.41) is 4.40. The molecule has 5 rings (SSSR count). The van der Waals surface area contributed by atoms with Gasteiger partial charge in [-0.25, -0.2) is 9.07 Å². The molecule has 1 saturated heterocycles. The van der Waals surface area contributed by atoms with Gasteiger partial charge in [0.1, 0.15) is 17.1 Å². The highest BCUT2D eigenvalue weighted by atomic mass is 19.1. The molecule has 0 spiro atoms. The topological polar surface area (TPSA) is 46.3 Å². The molecule has 0 radical (unpaired) electrons. The third kappa shape index (κ3) is 3.80. The SMILES string of the molecule is Cc1cccc(N2CCN(C(=O)c3cnn(-c4ccccc4F)c3-n3cccc3)CC2)c1C. The maximum absolute atomic E-state index is 14.6. The molecule has 6 nitrogen and oxygen atoms in total. The van der Waals surface area contributed by atoms with E-state index >= 15 is 0 Å². The standard InChI is InChI=1S/C26H26FN5O/c1-19-8-7-11-23(20(19)2)29-14-16-31(17-15-29)26(33)21-18-28-32(24-10-4-3-9-22(24)27)25(21)30-12-5-6-13-30/h3-13,18H,14-17H2,1-2H3. The van der Waals surface area contributed by atoms with E-state index in [0.29, 0.717) is 30.2 Å². The number of carbonyl (C=O) groups excluding carboxylic acids is 1. The zero-order chi connectivity index (χ0) is 22.9. The minimum Gasteiger partial charge on any atom is -0.368 e. The van der Waals surface area contributed by atoms with E-state index in [1.807, 2.05) is 29.4 Å². The van der Waals surface area contributed by atoms with Crippen LogP contribution < -0.4 is 4.90 Å². The molecule has 3 heterocycles. The molecule has 1 amide bonds. The molecular weight excluding hydrogens is 417 g/mol. The van der Waals surface area contributed by atoms with Crippen molar-refractivity contribution in [3.63, 3.8) is 0 Å². The summed E-state index contributed by atoms with van der Waals surface area (Å²) >= 11 is 0. The first-order valence-corrected chi connectivity index (χ1v) is 11.1. The van der Waals surface area contributed by atoms with Crippen molar-refractivity contribution < 1.29 is 9.18 Å². The molecule has 7 heteroatoms. The molecule has 2 aromatic carbocycles. The molecular formula is C26H26FN5O. The Balaban J connectivity index is 1.43. The quantitative estimate of drug-likeness (QED) is 0.470. The third-order valence-electron chi connectivity index (χ3n) is 6.39. The van der Waals surface area contributed by atoms with Crippen molar-refractivity contribution in [3.8, 4) is 11.5 Å². The van der Waals surface area contributed by atoms with Gasteiger partial charge in [-0.05, 0) is 55.3 Å². The minimum atomic E-state index is -0.393. The minimum absolute atomic E-state index is 0.0955. The summed E-state index contributed by atoms with van der Waals surface area (Å²) in [5.41, 5.74) is 4.53. The van der Waals surface area contributed by atoms with Crippen molar-refractivity contribution in [2.75, 3.05) is 31.1 Å². The van der Waals surface area contributed by atoms with Crippen LogP contribution >= 0.6 is 0 Å². The number of anilines is 1. The van der Waals surface area contributed by atoms with Crippen LogP contribution in [0.25, 0.3) is 11.5 Å². The molecule has 1 aliphatic rings. The van der Waals surface area contributed by atoms with Crippen LogP contribution in [-0.4, -0.2) is 51.3 Å². The van der Waals surface area contributed by atoms with Crippen molar-refractivity contribution in [2.45, 2.75) is 13.8 Å². The fourth-order valence-corrected chi connectivity index (χ4v) is 4.42. The van der Waals surface area contributed by atoms with Crippen LogP contribution in [0.5, 0.6) is 0 Å². The van der Waals surface area contributed by atoms with E-state index < -0.39 is 5.82 Å². The van der Waals surface area contributed by atoms with Crippen LogP contribution in [0.15, 0.2) is 73.2 Å². The fraction of sp³-hybridized carbons (Fsp3) is 0.231. The van der Waals surface area contributed by atoms with E-state index in [4.69, 9.17) is 0 Å². The number of halogens is 1. The molecule has 0 aliphatic carbocycles. The van der Waals surface area contributed by atoms with Gasteiger partial charge in [-0.2, -0.15) is 5.10 Å². The highest BCUT2D eigenvalue weighted by molar-refractivity contribution is 5.97. The first kappa shape index (κ1) is 21.0. The summed E-state index contributed by atoms with van der Waals surface area (Å²) in [5.74, 6) is 0.0455. The van der Waals surface area contributed by atoms with Crippen molar-refractivity contribution in [2.24, 2.45) is 0 Å². The number of carbonyl (C=O) groups is 1. The number of rotatable bonds is 4. The average Bonchev–Trinajstić information content (AvgIpc) is 3.51. The Morgan fingerprint density at radius 3 is 2.30 bits per heavy atom. The monoisotopic (exact) mass is 443 g/mol. The predicted molar refractivity (Wildman–Crippen MR) is 127 cm³/mol. The van der Waals surface area contributed by atoms with E-state index in [-0.39, 0.29) is 5.91 Å². The Kier molecular flexibility index (Phi) is 5.46. The second kappa shape index (κ2) is 8.58. The van der Waals surface area contributed by atoms with Gasteiger partial charge in [0, 0.05) is 44.3 Å². The first-order chi connectivity index (χ1) is 16.0. The molecule has 168 valence electrons. The summed E-state index contributed by atoms with van der Waals surface area (Å²) in [6.45, 7) is 7.01. The van der Waals surface area contributed by atoms with Gasteiger partial charge in [0.25, 0.3) is 5.91 Å². The smallest absolute Gasteiger partial charge is 0.259 e. The highest BCUT2D eigenvalue weighted by Crippen LogP contribution is 2.26. The number of aromatic nitrogens is 3. The molecule has 33 heavy (non-hydrogen) atoms. The van der Waals surface area contributed by atoms with Crippen molar-refractivity contribution in [1.82, 2.24) is 19.2 Å². The Labute approximate surface area is 192 Å². The van der Waals surface area contributed by atoms with Gasteiger partial charge in [0.15, 0.2) is 5.82 Å². The van der Waals surface area contributed by atoms with Crippen LogP contribution in [0.3, 0.4) is 0 Å². The lowest BCUT2D eigenvalue weighted by Crippen LogP contribution is -2.49. The highest BCUT2D eigenvalue weighted by Gasteiger charge is 2.28. The van der Waals surface area contributed by atoms with Crippen LogP contribution in [0.1, 0.15) is 21.5 Å². The maximum atomic E-state index is 14.6. The summed E-state index contributed by atoms with van der Waals surface area (Å²) in [4.78, 5) is 17.8. The second-order valence-corrected chi connectivity index (χ2v) is 8.33. The van der Waals surface area contributed by atoms with Crippen LogP contribution in [0.4, 0.5) is 10.1 Å². The average molecular weight is 444 g/mol. The van der Waals surface area contributed by atoms with Gasteiger partial charge >= 0.3 is 0 Å². The Hall–Kier alpha value is -3.87. The second-order valence-electron chi connectivity index (χ2n) is 8.33. The van der Waals surface area contributed by atoms with Gasteiger partial charge in [-0.1, -0.05) is 24.3 Å². The van der Waals surface area contributed by atoms with E-state index in [9.17, 15) is 9.18 Å².